The lowest BCUT2D eigenvalue weighted by Crippen LogP contribution is -2.35. The summed E-state index contributed by atoms with van der Waals surface area (Å²) in [6.45, 7) is 0.444. The number of hydrogen-bond donors (Lipinski definition) is 3. The highest BCUT2D eigenvalue weighted by atomic mass is 35.5. The minimum absolute atomic E-state index is 0.0137. The molecule has 36 heavy (non-hydrogen) atoms. The van der Waals surface area contributed by atoms with Gasteiger partial charge >= 0.3 is 0 Å². The van der Waals surface area contributed by atoms with Crippen molar-refractivity contribution >= 4 is 56.4 Å². The standard InChI is InChI=1S/C25H26Cl2N4O4S/c1-28-22-9-4-3-7-20(22)25(33)30-15-14-29-24(32)17-10-12-19(13-11-17)31(36(2,34)35)16-18-6-5-8-21(26)23(18)27/h3-13,28H,14-16H2,1-2H3,(H,29,32)(H,30,33). The molecule has 3 N–H and O–H groups in total. The van der Waals surface area contributed by atoms with E-state index in [1.165, 1.54) is 16.4 Å². The van der Waals surface area contributed by atoms with Crippen molar-refractivity contribution in [1.29, 1.82) is 0 Å². The molecule has 0 spiro atoms. The van der Waals surface area contributed by atoms with Gasteiger partial charge in [-0.05, 0) is 48.0 Å². The van der Waals surface area contributed by atoms with Crippen molar-refractivity contribution in [3.05, 3.63) is 93.5 Å². The third-order valence-corrected chi connectivity index (χ3v) is 7.30. The van der Waals surface area contributed by atoms with Crippen LogP contribution in [0.4, 0.5) is 11.4 Å². The molecule has 0 radical (unpaired) electrons. The second-order valence-electron chi connectivity index (χ2n) is 7.84. The number of amides is 2. The number of sulfonamides is 1. The molecule has 0 aliphatic heterocycles. The van der Waals surface area contributed by atoms with Gasteiger partial charge in [0.2, 0.25) is 10.0 Å². The maximum absolute atomic E-state index is 12.5. The maximum atomic E-state index is 12.5. The molecule has 0 atom stereocenters. The summed E-state index contributed by atoms with van der Waals surface area (Å²) in [4.78, 5) is 24.9. The summed E-state index contributed by atoms with van der Waals surface area (Å²) in [6, 6.07) is 18.3. The van der Waals surface area contributed by atoms with E-state index in [-0.39, 0.29) is 36.5 Å². The number of rotatable bonds is 10. The largest absolute Gasteiger partial charge is 0.387 e. The van der Waals surface area contributed by atoms with Gasteiger partial charge in [0.1, 0.15) is 0 Å². The fourth-order valence-electron chi connectivity index (χ4n) is 3.45. The van der Waals surface area contributed by atoms with Gasteiger partial charge in [0.05, 0.1) is 34.1 Å². The van der Waals surface area contributed by atoms with Crippen LogP contribution in [0.25, 0.3) is 0 Å². The summed E-state index contributed by atoms with van der Waals surface area (Å²) in [6.07, 6.45) is 1.09. The third-order valence-electron chi connectivity index (χ3n) is 5.30. The van der Waals surface area contributed by atoms with Crippen molar-refractivity contribution in [3.8, 4) is 0 Å². The topological polar surface area (TPSA) is 108 Å². The first-order valence-electron chi connectivity index (χ1n) is 11.0. The predicted molar refractivity (Wildman–Crippen MR) is 145 cm³/mol. The van der Waals surface area contributed by atoms with Gasteiger partial charge < -0.3 is 16.0 Å². The molecule has 0 unspecified atom stereocenters. The van der Waals surface area contributed by atoms with E-state index in [1.807, 2.05) is 6.07 Å². The van der Waals surface area contributed by atoms with Crippen LogP contribution in [-0.2, 0) is 16.6 Å². The van der Waals surface area contributed by atoms with Gasteiger partial charge in [-0.3, -0.25) is 13.9 Å². The monoisotopic (exact) mass is 548 g/mol. The van der Waals surface area contributed by atoms with E-state index < -0.39 is 10.0 Å². The number of carbonyl (C=O) groups excluding carboxylic acids is 2. The Labute approximate surface area is 220 Å². The number of hydrogen-bond acceptors (Lipinski definition) is 5. The average molecular weight is 549 g/mol. The minimum Gasteiger partial charge on any atom is -0.387 e. The van der Waals surface area contributed by atoms with E-state index in [9.17, 15) is 18.0 Å². The highest BCUT2D eigenvalue weighted by Crippen LogP contribution is 2.29. The molecule has 0 bridgehead atoms. The van der Waals surface area contributed by atoms with Crippen molar-refractivity contribution in [3.63, 3.8) is 0 Å². The van der Waals surface area contributed by atoms with E-state index in [2.05, 4.69) is 16.0 Å². The molecule has 11 heteroatoms. The van der Waals surface area contributed by atoms with Crippen LogP contribution in [0, 0.1) is 0 Å². The van der Waals surface area contributed by atoms with Gasteiger partial charge in [-0.25, -0.2) is 8.42 Å². The van der Waals surface area contributed by atoms with Crippen molar-refractivity contribution < 1.29 is 18.0 Å². The second kappa shape index (κ2) is 12.1. The van der Waals surface area contributed by atoms with E-state index in [0.717, 1.165) is 6.26 Å². The van der Waals surface area contributed by atoms with E-state index in [0.29, 0.717) is 33.1 Å². The van der Waals surface area contributed by atoms with E-state index in [4.69, 9.17) is 23.2 Å². The summed E-state index contributed by atoms with van der Waals surface area (Å²) < 4.78 is 26.1. The quantitative estimate of drug-likeness (QED) is 0.329. The molecule has 2 amide bonds. The molecule has 0 aliphatic rings. The second-order valence-corrected chi connectivity index (χ2v) is 10.5. The predicted octanol–water partition coefficient (Wildman–Crippen LogP) is 4.16. The minimum atomic E-state index is -3.65. The lowest BCUT2D eigenvalue weighted by atomic mass is 10.1. The number of nitrogens with zero attached hydrogens (tertiary/aromatic N) is 1. The number of nitrogens with one attached hydrogen (secondary N) is 3. The summed E-state index contributed by atoms with van der Waals surface area (Å²) in [5.41, 5.74) is 2.49. The van der Waals surface area contributed by atoms with Crippen LogP contribution >= 0.6 is 23.2 Å². The van der Waals surface area contributed by atoms with Gasteiger partial charge in [0, 0.05) is 31.4 Å². The number of anilines is 2. The van der Waals surface area contributed by atoms with E-state index >= 15 is 0 Å². The van der Waals surface area contributed by atoms with Crippen LogP contribution in [0.15, 0.2) is 66.7 Å². The third kappa shape index (κ3) is 6.90. The molecule has 8 nitrogen and oxygen atoms in total. The summed E-state index contributed by atoms with van der Waals surface area (Å²) in [7, 11) is -1.91. The first-order chi connectivity index (χ1) is 17.1. The highest BCUT2D eigenvalue weighted by Gasteiger charge is 2.20. The zero-order valence-electron chi connectivity index (χ0n) is 19.7. The number of halogens is 2. The summed E-state index contributed by atoms with van der Waals surface area (Å²) in [5.74, 6) is -0.602. The van der Waals surface area contributed by atoms with Gasteiger partial charge in [0.25, 0.3) is 11.8 Å². The van der Waals surface area contributed by atoms with Crippen LogP contribution in [0.1, 0.15) is 26.3 Å². The van der Waals surface area contributed by atoms with Gasteiger partial charge in [-0.15, -0.1) is 0 Å². The molecule has 0 heterocycles. The Morgan fingerprint density at radius 1 is 0.861 bits per heavy atom. The van der Waals surface area contributed by atoms with Crippen LogP contribution in [0.5, 0.6) is 0 Å². The number of carbonyl (C=O) groups is 2. The Bertz CT molecular complexity index is 1350. The zero-order valence-corrected chi connectivity index (χ0v) is 22.0. The van der Waals surface area contributed by atoms with E-state index in [1.54, 1.807) is 55.6 Å². The van der Waals surface area contributed by atoms with Crippen LogP contribution < -0.4 is 20.3 Å². The Morgan fingerprint density at radius 3 is 2.14 bits per heavy atom. The first kappa shape index (κ1) is 27.3. The molecule has 0 aromatic heterocycles. The molecule has 0 saturated heterocycles. The first-order valence-corrected chi connectivity index (χ1v) is 13.6. The molecule has 0 aliphatic carbocycles. The normalized spacial score (nSPS) is 11.0. The molecular weight excluding hydrogens is 523 g/mol. The molecule has 3 aromatic carbocycles. The molecule has 3 rings (SSSR count). The lowest BCUT2D eigenvalue weighted by molar-refractivity contribution is 0.0928. The Morgan fingerprint density at radius 2 is 1.50 bits per heavy atom. The fraction of sp³-hybridized carbons (Fsp3) is 0.200. The van der Waals surface area contributed by atoms with Crippen LogP contribution in [0.2, 0.25) is 10.0 Å². The van der Waals surface area contributed by atoms with Crippen molar-refractivity contribution in [2.45, 2.75) is 6.54 Å². The van der Waals surface area contributed by atoms with Crippen molar-refractivity contribution in [2.75, 3.05) is 36.0 Å². The molecule has 0 saturated carbocycles. The molecule has 0 fully saturated rings. The summed E-state index contributed by atoms with van der Waals surface area (Å²) in [5, 5.41) is 9.08. The fourth-order valence-corrected chi connectivity index (χ4v) is 4.71. The van der Waals surface area contributed by atoms with Gasteiger partial charge in [0.15, 0.2) is 0 Å². The molecular formula is C25H26Cl2N4O4S. The number of para-hydroxylation sites is 1. The SMILES string of the molecule is CNc1ccccc1C(=O)NCCNC(=O)c1ccc(N(Cc2cccc(Cl)c2Cl)S(C)(=O)=O)cc1. The maximum Gasteiger partial charge on any atom is 0.253 e. The van der Waals surface area contributed by atoms with Crippen molar-refractivity contribution in [2.24, 2.45) is 0 Å². The van der Waals surface area contributed by atoms with Gasteiger partial charge in [-0.2, -0.15) is 0 Å². The van der Waals surface area contributed by atoms with Gasteiger partial charge in [-0.1, -0.05) is 47.5 Å². The zero-order chi connectivity index (χ0) is 26.3. The summed E-state index contributed by atoms with van der Waals surface area (Å²) >= 11 is 12.3. The number of benzene rings is 3. The lowest BCUT2D eigenvalue weighted by Gasteiger charge is -2.23. The average Bonchev–Trinajstić information content (AvgIpc) is 2.86. The Kier molecular flexibility index (Phi) is 9.19. The smallest absolute Gasteiger partial charge is 0.253 e. The van der Waals surface area contributed by atoms with Crippen LogP contribution in [0.3, 0.4) is 0 Å². The molecule has 190 valence electrons. The van der Waals surface area contributed by atoms with Crippen molar-refractivity contribution in [1.82, 2.24) is 10.6 Å². The Hall–Kier alpha value is -3.27. The highest BCUT2D eigenvalue weighted by molar-refractivity contribution is 7.92. The molecule has 3 aromatic rings. The Balaban J connectivity index is 1.60. The van der Waals surface area contributed by atoms with Crippen LogP contribution in [-0.4, -0.2) is 46.6 Å².